The van der Waals surface area contributed by atoms with Gasteiger partial charge in [-0.15, -0.1) is 0 Å². The van der Waals surface area contributed by atoms with Gasteiger partial charge in [0.05, 0.1) is 16.7 Å². The zero-order valence-electron chi connectivity index (χ0n) is 37.5. The average molecular weight is 867 g/mol. The molecule has 0 amide bonds. The highest BCUT2D eigenvalue weighted by atomic mass is 15.1. The second-order valence-electron chi connectivity index (χ2n) is 17.2. The minimum atomic E-state index is 1.07. The van der Waals surface area contributed by atoms with Crippen LogP contribution in [-0.4, -0.2) is 4.57 Å². The lowest BCUT2D eigenvalue weighted by molar-refractivity contribution is 1.18. The summed E-state index contributed by atoms with van der Waals surface area (Å²) >= 11 is 0. The topological polar surface area (TPSA) is 8.17 Å². The maximum atomic E-state index is 2.44. The van der Waals surface area contributed by atoms with Crippen molar-refractivity contribution in [3.05, 3.63) is 279 Å². The second-order valence-corrected chi connectivity index (χ2v) is 17.2. The Morgan fingerprint density at radius 2 is 0.647 bits per heavy atom. The van der Waals surface area contributed by atoms with Crippen molar-refractivity contribution in [2.75, 3.05) is 4.90 Å². The summed E-state index contributed by atoms with van der Waals surface area (Å²) in [5.41, 5.74) is 20.9. The number of anilines is 3. The SMILES string of the molecule is c1ccc(-c2ccc(-c3ccc(N(c4ccc(-c5cccc6c5c5ccccc5n6-c5ccccc5)cc4)c4cccc(-c5ccccc5)c4-c4ccccc4-c4ccccc4)cc3)cc2)cc1. The van der Waals surface area contributed by atoms with E-state index in [1.165, 1.54) is 83.0 Å². The summed E-state index contributed by atoms with van der Waals surface area (Å²) in [6.45, 7) is 0. The van der Waals surface area contributed by atoms with E-state index >= 15 is 0 Å². The third-order valence-corrected chi connectivity index (χ3v) is 13.2. The zero-order valence-corrected chi connectivity index (χ0v) is 37.5. The molecule has 12 rings (SSSR count). The van der Waals surface area contributed by atoms with Crippen molar-refractivity contribution in [1.29, 1.82) is 0 Å². The van der Waals surface area contributed by atoms with Gasteiger partial charge >= 0.3 is 0 Å². The van der Waals surface area contributed by atoms with Gasteiger partial charge in [-0.3, -0.25) is 0 Å². The van der Waals surface area contributed by atoms with Crippen LogP contribution in [0.2, 0.25) is 0 Å². The second kappa shape index (κ2) is 17.8. The first-order valence-corrected chi connectivity index (χ1v) is 23.3. The van der Waals surface area contributed by atoms with Gasteiger partial charge in [-0.2, -0.15) is 0 Å². The molecular weight excluding hydrogens is 821 g/mol. The Morgan fingerprint density at radius 1 is 0.250 bits per heavy atom. The molecule has 0 unspecified atom stereocenters. The molecule has 0 aliphatic rings. The van der Waals surface area contributed by atoms with E-state index in [1.54, 1.807) is 0 Å². The Hall–Kier alpha value is -8.98. The van der Waals surface area contributed by atoms with E-state index in [-0.39, 0.29) is 0 Å². The van der Waals surface area contributed by atoms with E-state index in [1.807, 2.05) is 0 Å². The molecule has 320 valence electrons. The maximum absolute atomic E-state index is 2.44. The van der Waals surface area contributed by atoms with Gasteiger partial charge in [0.2, 0.25) is 0 Å². The van der Waals surface area contributed by atoms with Crippen LogP contribution in [0.1, 0.15) is 0 Å². The number of hydrogen-bond donors (Lipinski definition) is 0. The van der Waals surface area contributed by atoms with Gasteiger partial charge in [-0.05, 0) is 116 Å². The number of aromatic nitrogens is 1. The fraction of sp³-hybridized carbons (Fsp3) is 0. The summed E-state index contributed by atoms with van der Waals surface area (Å²) in [6.07, 6.45) is 0. The van der Waals surface area contributed by atoms with Crippen LogP contribution in [0.5, 0.6) is 0 Å². The Kier molecular flexibility index (Phi) is 10.6. The highest BCUT2D eigenvalue weighted by Gasteiger charge is 2.23. The van der Waals surface area contributed by atoms with Gasteiger partial charge in [-0.1, -0.05) is 224 Å². The molecule has 0 spiro atoms. The van der Waals surface area contributed by atoms with Crippen molar-refractivity contribution < 1.29 is 0 Å². The Labute approximate surface area is 397 Å². The first kappa shape index (κ1) is 40.5. The molecule has 0 radical (unpaired) electrons. The fourth-order valence-corrected chi connectivity index (χ4v) is 10.1. The lowest BCUT2D eigenvalue weighted by Crippen LogP contribution is -2.12. The summed E-state index contributed by atoms with van der Waals surface area (Å²) in [5.74, 6) is 0. The highest BCUT2D eigenvalue weighted by molar-refractivity contribution is 6.16. The van der Waals surface area contributed by atoms with Crippen molar-refractivity contribution in [1.82, 2.24) is 4.57 Å². The molecule has 11 aromatic carbocycles. The predicted octanol–water partition coefficient (Wildman–Crippen LogP) is 18.3. The van der Waals surface area contributed by atoms with Gasteiger partial charge in [0, 0.05) is 33.4 Å². The molecule has 0 aliphatic carbocycles. The first-order chi connectivity index (χ1) is 33.8. The van der Waals surface area contributed by atoms with E-state index in [0.29, 0.717) is 0 Å². The number of fused-ring (bicyclic) bond motifs is 3. The number of rotatable bonds is 10. The van der Waals surface area contributed by atoms with Crippen LogP contribution in [0.25, 0.3) is 94.3 Å². The molecule has 0 bridgehead atoms. The van der Waals surface area contributed by atoms with Crippen LogP contribution >= 0.6 is 0 Å². The summed E-state index contributed by atoms with van der Waals surface area (Å²) in [6, 6.07) is 101. The third-order valence-electron chi connectivity index (χ3n) is 13.2. The molecule has 68 heavy (non-hydrogen) atoms. The van der Waals surface area contributed by atoms with Crippen molar-refractivity contribution >= 4 is 38.9 Å². The summed E-state index contributed by atoms with van der Waals surface area (Å²) in [7, 11) is 0. The fourth-order valence-electron chi connectivity index (χ4n) is 10.1. The highest BCUT2D eigenvalue weighted by Crippen LogP contribution is 2.49. The minimum Gasteiger partial charge on any atom is -0.310 e. The number of hydrogen-bond acceptors (Lipinski definition) is 1. The smallest absolute Gasteiger partial charge is 0.0547 e. The van der Waals surface area contributed by atoms with Gasteiger partial charge < -0.3 is 9.47 Å². The molecule has 0 saturated heterocycles. The Morgan fingerprint density at radius 3 is 1.26 bits per heavy atom. The standard InChI is InChI=1S/C66H46N2/c1-5-19-47(20-6-1)48-35-37-49(38-36-48)50-39-43-55(44-40-50)67(63-33-17-30-58(52-23-9-3-10-24-52)65(63)60-28-14-13-27-57(60)51-21-7-2-8-22-51)56-45-41-53(42-46-56)59-31-18-34-64-66(59)61-29-15-16-32-62(61)68(64)54-25-11-4-12-26-54/h1-46H. The van der Waals surface area contributed by atoms with Crippen LogP contribution in [0.3, 0.4) is 0 Å². The number of nitrogens with zero attached hydrogens (tertiary/aromatic N) is 2. The monoisotopic (exact) mass is 866 g/mol. The van der Waals surface area contributed by atoms with E-state index < -0.39 is 0 Å². The molecule has 0 fully saturated rings. The molecular formula is C66H46N2. The maximum Gasteiger partial charge on any atom is 0.0547 e. The first-order valence-electron chi connectivity index (χ1n) is 23.3. The van der Waals surface area contributed by atoms with Gasteiger partial charge in [0.25, 0.3) is 0 Å². The van der Waals surface area contributed by atoms with Crippen LogP contribution in [0.15, 0.2) is 279 Å². The van der Waals surface area contributed by atoms with Crippen LogP contribution < -0.4 is 4.90 Å². The number of para-hydroxylation sites is 2. The molecule has 12 aromatic rings. The van der Waals surface area contributed by atoms with E-state index in [2.05, 4.69) is 289 Å². The van der Waals surface area contributed by atoms with Gasteiger partial charge in [0.15, 0.2) is 0 Å². The van der Waals surface area contributed by atoms with E-state index in [9.17, 15) is 0 Å². The van der Waals surface area contributed by atoms with Gasteiger partial charge in [0.1, 0.15) is 0 Å². The van der Waals surface area contributed by atoms with Gasteiger partial charge in [-0.25, -0.2) is 0 Å². The zero-order chi connectivity index (χ0) is 45.2. The average Bonchev–Trinajstić information content (AvgIpc) is 3.77. The molecule has 2 heteroatoms. The molecule has 1 aromatic heterocycles. The molecule has 0 atom stereocenters. The van der Waals surface area contributed by atoms with Crippen LogP contribution in [0.4, 0.5) is 17.1 Å². The molecule has 1 heterocycles. The molecule has 0 saturated carbocycles. The van der Waals surface area contributed by atoms with Crippen molar-refractivity contribution in [2.45, 2.75) is 0 Å². The Bertz CT molecular complexity index is 3670. The lowest BCUT2D eigenvalue weighted by Gasteiger charge is -2.30. The van der Waals surface area contributed by atoms with Crippen LogP contribution in [-0.2, 0) is 0 Å². The van der Waals surface area contributed by atoms with Crippen molar-refractivity contribution in [3.8, 4) is 72.4 Å². The van der Waals surface area contributed by atoms with E-state index in [4.69, 9.17) is 0 Å². The van der Waals surface area contributed by atoms with Crippen molar-refractivity contribution in [2.24, 2.45) is 0 Å². The van der Waals surface area contributed by atoms with Crippen LogP contribution in [0, 0.1) is 0 Å². The Balaban J connectivity index is 1.03. The number of benzene rings is 11. The quantitative estimate of drug-likeness (QED) is 0.133. The van der Waals surface area contributed by atoms with E-state index in [0.717, 1.165) is 28.3 Å². The summed E-state index contributed by atoms with van der Waals surface area (Å²) in [4.78, 5) is 2.44. The molecule has 0 N–H and O–H groups in total. The molecule has 2 nitrogen and oxygen atoms in total. The lowest BCUT2D eigenvalue weighted by atomic mass is 9.87. The summed E-state index contributed by atoms with van der Waals surface area (Å²) < 4.78 is 2.39. The molecule has 0 aliphatic heterocycles. The summed E-state index contributed by atoms with van der Waals surface area (Å²) in [5, 5.41) is 2.49. The third kappa shape index (κ3) is 7.45. The normalized spacial score (nSPS) is 11.2. The van der Waals surface area contributed by atoms with Crippen molar-refractivity contribution in [3.63, 3.8) is 0 Å². The minimum absolute atomic E-state index is 1.07. The largest absolute Gasteiger partial charge is 0.310 e. The predicted molar refractivity (Wildman–Crippen MR) is 288 cm³/mol.